The van der Waals surface area contributed by atoms with E-state index >= 15 is 0 Å². The summed E-state index contributed by atoms with van der Waals surface area (Å²) in [6.07, 6.45) is 1.45. The first kappa shape index (κ1) is 23.7. The number of rotatable bonds is 11. The summed E-state index contributed by atoms with van der Waals surface area (Å²) in [7, 11) is -1.85. The van der Waals surface area contributed by atoms with E-state index in [1.165, 1.54) is 0 Å². The van der Waals surface area contributed by atoms with Crippen LogP contribution < -0.4 is 11.1 Å². The van der Waals surface area contributed by atoms with Crippen molar-refractivity contribution in [3.05, 3.63) is 40.7 Å². The van der Waals surface area contributed by atoms with E-state index in [1.807, 2.05) is 0 Å². The van der Waals surface area contributed by atoms with Crippen molar-refractivity contribution in [2.45, 2.75) is 38.4 Å². The van der Waals surface area contributed by atoms with E-state index in [4.69, 9.17) is 15.8 Å². The Balaban J connectivity index is 1.87. The standard InChI is InChI=1S/C15H19BF4N6O4/c17-9-5-8(12(18)14(20)13(9)19)6-22-11(27)7-26-15(23-24-25-26)10(21)3-1-2-4-30-16(28)29/h5,10,28-29H,1-4,6-7,21H2,(H,22,27). The van der Waals surface area contributed by atoms with Gasteiger partial charge in [-0.15, -0.1) is 5.10 Å². The smallest absolute Gasteiger partial charge is 0.402 e. The third kappa shape index (κ3) is 6.45. The number of benzene rings is 1. The number of nitrogens with two attached hydrogens (primary N) is 1. The first-order valence-electron chi connectivity index (χ1n) is 8.78. The lowest BCUT2D eigenvalue weighted by atomic mass is 10.1. The summed E-state index contributed by atoms with van der Waals surface area (Å²) in [5.74, 6) is -7.59. The van der Waals surface area contributed by atoms with Gasteiger partial charge in [0.1, 0.15) is 6.54 Å². The molecule has 2 rings (SSSR count). The number of tetrazole rings is 1. The van der Waals surface area contributed by atoms with Crippen LogP contribution in [0.5, 0.6) is 0 Å². The van der Waals surface area contributed by atoms with Crippen LogP contribution in [0.4, 0.5) is 17.6 Å². The molecule has 0 saturated heterocycles. The average Bonchev–Trinajstić information content (AvgIpc) is 3.15. The van der Waals surface area contributed by atoms with Crippen molar-refractivity contribution in [3.63, 3.8) is 0 Å². The van der Waals surface area contributed by atoms with Crippen molar-refractivity contribution in [1.29, 1.82) is 0 Å². The molecule has 1 heterocycles. The molecule has 164 valence electrons. The van der Waals surface area contributed by atoms with Crippen molar-refractivity contribution < 1.29 is 37.1 Å². The fourth-order valence-electron chi connectivity index (χ4n) is 2.51. The topological polar surface area (TPSA) is 148 Å². The van der Waals surface area contributed by atoms with Crippen LogP contribution in [-0.2, 0) is 22.5 Å². The number of amides is 1. The Hall–Kier alpha value is -2.62. The molecule has 15 heteroatoms. The first-order chi connectivity index (χ1) is 14.2. The predicted octanol–water partition coefficient (Wildman–Crippen LogP) is -0.298. The number of halogens is 4. The zero-order valence-corrected chi connectivity index (χ0v) is 15.6. The number of carbonyl (C=O) groups is 1. The molecule has 1 aromatic heterocycles. The van der Waals surface area contributed by atoms with Gasteiger partial charge in [-0.1, -0.05) is 0 Å². The Morgan fingerprint density at radius 2 is 1.97 bits per heavy atom. The highest BCUT2D eigenvalue weighted by Gasteiger charge is 2.20. The maximum absolute atomic E-state index is 13.6. The van der Waals surface area contributed by atoms with Crippen LogP contribution >= 0.6 is 0 Å². The van der Waals surface area contributed by atoms with E-state index in [9.17, 15) is 22.4 Å². The highest BCUT2D eigenvalue weighted by Crippen LogP contribution is 2.18. The Kier molecular flexibility index (Phi) is 8.65. The van der Waals surface area contributed by atoms with E-state index in [-0.39, 0.29) is 12.4 Å². The molecule has 0 fully saturated rings. The molecule has 30 heavy (non-hydrogen) atoms. The Morgan fingerprint density at radius 3 is 2.67 bits per heavy atom. The number of unbranched alkanes of at least 4 members (excludes halogenated alkanes) is 1. The molecule has 0 bridgehead atoms. The van der Waals surface area contributed by atoms with Crippen LogP contribution in [0, 0.1) is 23.3 Å². The van der Waals surface area contributed by atoms with Gasteiger partial charge in [-0.3, -0.25) is 4.79 Å². The van der Waals surface area contributed by atoms with Crippen molar-refractivity contribution in [2.24, 2.45) is 5.73 Å². The third-order valence-corrected chi connectivity index (χ3v) is 4.01. The Bertz CT molecular complexity index is 872. The largest absolute Gasteiger partial charge is 0.633 e. The fourth-order valence-corrected chi connectivity index (χ4v) is 2.51. The normalized spacial score (nSPS) is 12.1. The van der Waals surface area contributed by atoms with Crippen LogP contribution in [-0.4, -0.2) is 50.1 Å². The number of hydrogen-bond donors (Lipinski definition) is 4. The summed E-state index contributed by atoms with van der Waals surface area (Å²) in [5.41, 5.74) is 5.42. The second kappa shape index (κ2) is 11.0. The minimum absolute atomic E-state index is 0.110. The summed E-state index contributed by atoms with van der Waals surface area (Å²) < 4.78 is 58.7. The first-order valence-corrected chi connectivity index (χ1v) is 8.78. The highest BCUT2D eigenvalue weighted by atomic mass is 19.2. The van der Waals surface area contributed by atoms with E-state index in [0.717, 1.165) is 4.68 Å². The van der Waals surface area contributed by atoms with Gasteiger partial charge in [0.15, 0.2) is 29.1 Å². The van der Waals surface area contributed by atoms with Crippen LogP contribution in [0.3, 0.4) is 0 Å². The zero-order valence-electron chi connectivity index (χ0n) is 15.6. The fraction of sp³-hybridized carbons (Fsp3) is 0.467. The summed E-state index contributed by atoms with van der Waals surface area (Å²) in [6.45, 7) is -0.874. The second-order valence-corrected chi connectivity index (χ2v) is 6.23. The van der Waals surface area contributed by atoms with Gasteiger partial charge < -0.3 is 25.8 Å². The molecule has 5 N–H and O–H groups in total. The van der Waals surface area contributed by atoms with E-state index < -0.39 is 61.2 Å². The summed E-state index contributed by atoms with van der Waals surface area (Å²) >= 11 is 0. The molecule has 1 amide bonds. The summed E-state index contributed by atoms with van der Waals surface area (Å²) in [6, 6.07) is -0.184. The lowest BCUT2D eigenvalue weighted by molar-refractivity contribution is -0.122. The van der Waals surface area contributed by atoms with Crippen LogP contribution in [0.2, 0.25) is 0 Å². The molecule has 1 aromatic carbocycles. The second-order valence-electron chi connectivity index (χ2n) is 6.23. The molecule has 0 spiro atoms. The van der Waals surface area contributed by atoms with E-state index in [0.29, 0.717) is 25.3 Å². The van der Waals surface area contributed by atoms with E-state index in [2.05, 4.69) is 25.5 Å². The highest BCUT2D eigenvalue weighted by molar-refractivity contribution is 6.32. The minimum Gasteiger partial charge on any atom is -0.402 e. The Morgan fingerprint density at radius 1 is 1.23 bits per heavy atom. The lowest BCUT2D eigenvalue weighted by Gasteiger charge is -2.12. The quantitative estimate of drug-likeness (QED) is 0.124. The third-order valence-electron chi connectivity index (χ3n) is 4.01. The van der Waals surface area contributed by atoms with Crippen molar-refractivity contribution in [3.8, 4) is 0 Å². The monoisotopic (exact) mass is 434 g/mol. The molecule has 1 atom stereocenters. The number of nitrogens with one attached hydrogen (secondary N) is 1. The Labute approximate surface area is 168 Å². The molecule has 0 saturated carbocycles. The molecule has 0 aliphatic carbocycles. The summed E-state index contributed by atoms with van der Waals surface area (Å²) in [4.78, 5) is 12.1. The molecule has 0 aliphatic rings. The van der Waals surface area contributed by atoms with Gasteiger partial charge in [0.05, 0.1) is 6.04 Å². The number of nitrogens with zero attached hydrogens (tertiary/aromatic N) is 4. The van der Waals surface area contributed by atoms with Crippen LogP contribution in [0.1, 0.15) is 36.7 Å². The molecule has 2 aromatic rings. The molecule has 1 unspecified atom stereocenters. The summed E-state index contributed by atoms with van der Waals surface area (Å²) in [5, 5.41) is 30.2. The van der Waals surface area contributed by atoms with Crippen LogP contribution in [0.15, 0.2) is 6.07 Å². The van der Waals surface area contributed by atoms with E-state index in [1.54, 1.807) is 0 Å². The number of aromatic nitrogens is 4. The van der Waals surface area contributed by atoms with Gasteiger partial charge in [-0.05, 0) is 35.8 Å². The molecule has 10 nitrogen and oxygen atoms in total. The van der Waals surface area contributed by atoms with Gasteiger partial charge >= 0.3 is 7.32 Å². The zero-order chi connectivity index (χ0) is 22.3. The average molecular weight is 434 g/mol. The van der Waals surface area contributed by atoms with Gasteiger partial charge in [-0.2, -0.15) is 0 Å². The lowest BCUT2D eigenvalue weighted by Crippen LogP contribution is -2.30. The maximum Gasteiger partial charge on any atom is 0.633 e. The molecule has 0 aliphatic heterocycles. The molecule has 0 radical (unpaired) electrons. The van der Waals surface area contributed by atoms with Crippen molar-refractivity contribution in [2.75, 3.05) is 6.61 Å². The van der Waals surface area contributed by atoms with Crippen LogP contribution in [0.25, 0.3) is 0 Å². The molecular formula is C15H19BF4N6O4. The van der Waals surface area contributed by atoms with Gasteiger partial charge in [0.2, 0.25) is 5.91 Å². The SMILES string of the molecule is NC(CCCCOB(O)O)c1nnnn1CC(=O)NCc1cc(F)c(F)c(F)c1F. The number of hydrogen-bond acceptors (Lipinski definition) is 8. The van der Waals surface area contributed by atoms with Gasteiger partial charge in [0, 0.05) is 18.7 Å². The molecular weight excluding hydrogens is 415 g/mol. The van der Waals surface area contributed by atoms with Gasteiger partial charge in [-0.25, -0.2) is 22.2 Å². The van der Waals surface area contributed by atoms with Crippen molar-refractivity contribution >= 4 is 13.2 Å². The van der Waals surface area contributed by atoms with Gasteiger partial charge in [0.25, 0.3) is 0 Å². The van der Waals surface area contributed by atoms with Crippen molar-refractivity contribution in [1.82, 2.24) is 25.5 Å². The maximum atomic E-state index is 13.6. The minimum atomic E-state index is -1.97. The predicted molar refractivity (Wildman–Crippen MR) is 92.9 cm³/mol. The number of carbonyl (C=O) groups excluding carboxylic acids is 1.